The highest BCUT2D eigenvalue weighted by Crippen LogP contribution is 2.24. The predicted octanol–water partition coefficient (Wildman–Crippen LogP) is 2.89. The third-order valence-electron chi connectivity index (χ3n) is 4.72. The van der Waals surface area contributed by atoms with E-state index in [1.165, 1.54) is 19.3 Å². The molecule has 4 aromatic rings. The van der Waals surface area contributed by atoms with E-state index < -0.39 is 0 Å². The van der Waals surface area contributed by atoms with E-state index in [1.807, 2.05) is 31.1 Å². The quantitative estimate of drug-likeness (QED) is 0.466. The first kappa shape index (κ1) is 21.6. The molecule has 4 rings (SSSR count). The summed E-state index contributed by atoms with van der Waals surface area (Å²) in [6, 6.07) is 15.4. The highest BCUT2D eigenvalue weighted by Gasteiger charge is 2.11. The number of ether oxygens (including phenoxy) is 1. The largest absolute Gasteiger partial charge is 0.457 e. The number of pyridine rings is 1. The summed E-state index contributed by atoms with van der Waals surface area (Å²) >= 11 is 0. The minimum Gasteiger partial charge on any atom is -0.457 e. The van der Waals surface area contributed by atoms with Crippen LogP contribution in [0.1, 0.15) is 20.8 Å². The maximum atomic E-state index is 12.6. The number of carbonyl (C=O) groups is 2. The summed E-state index contributed by atoms with van der Waals surface area (Å²) in [4.78, 5) is 34.7. The van der Waals surface area contributed by atoms with Crippen LogP contribution in [0.15, 0.2) is 60.8 Å². The van der Waals surface area contributed by atoms with Crippen molar-refractivity contribution >= 4 is 34.5 Å². The number of nitrogens with zero attached hydrogens (tertiary/aromatic N) is 5. The second-order valence-corrected chi connectivity index (χ2v) is 7.24. The molecule has 10 nitrogen and oxygen atoms in total. The van der Waals surface area contributed by atoms with Crippen LogP contribution in [-0.2, 0) is 0 Å². The highest BCUT2D eigenvalue weighted by atomic mass is 16.5. The first-order valence-electron chi connectivity index (χ1n) is 10.0. The van der Waals surface area contributed by atoms with Crippen LogP contribution in [0.5, 0.6) is 11.5 Å². The molecule has 0 spiro atoms. The summed E-state index contributed by atoms with van der Waals surface area (Å²) in [6.07, 6.45) is 1.49. The molecule has 2 heterocycles. The molecule has 0 saturated carbocycles. The summed E-state index contributed by atoms with van der Waals surface area (Å²) < 4.78 is 5.84. The molecule has 2 aromatic carbocycles. The molecule has 0 saturated heterocycles. The van der Waals surface area contributed by atoms with Gasteiger partial charge in [0.15, 0.2) is 0 Å². The summed E-state index contributed by atoms with van der Waals surface area (Å²) in [5.74, 6) is 0.348. The average molecular weight is 443 g/mol. The SMILES string of the molecule is CNC(=O)c1cc(Oc2ccc3nnc(NC(=O)c4ccc(N(C)C)cc4)nc3c2)ccn1. The van der Waals surface area contributed by atoms with Crippen LogP contribution in [0.2, 0.25) is 0 Å². The predicted molar refractivity (Wildman–Crippen MR) is 124 cm³/mol. The summed E-state index contributed by atoms with van der Waals surface area (Å²) in [5.41, 5.74) is 2.73. The number of anilines is 2. The Morgan fingerprint density at radius 3 is 2.36 bits per heavy atom. The van der Waals surface area contributed by atoms with Gasteiger partial charge >= 0.3 is 0 Å². The number of hydrogen-bond donors (Lipinski definition) is 2. The van der Waals surface area contributed by atoms with Crippen LogP contribution in [0.4, 0.5) is 11.6 Å². The molecule has 0 radical (unpaired) electrons. The zero-order chi connectivity index (χ0) is 23.4. The van der Waals surface area contributed by atoms with Crippen molar-refractivity contribution in [2.45, 2.75) is 0 Å². The number of amides is 2. The van der Waals surface area contributed by atoms with Gasteiger partial charge in [-0.15, -0.1) is 10.2 Å². The van der Waals surface area contributed by atoms with Gasteiger partial charge in [-0.05, 0) is 42.5 Å². The van der Waals surface area contributed by atoms with E-state index in [1.54, 1.807) is 36.4 Å². The van der Waals surface area contributed by atoms with Gasteiger partial charge in [0.05, 0.1) is 5.52 Å². The fourth-order valence-corrected chi connectivity index (χ4v) is 2.98. The molecule has 0 unspecified atom stereocenters. The number of rotatable bonds is 6. The van der Waals surface area contributed by atoms with Crippen LogP contribution in [0, 0.1) is 0 Å². The highest BCUT2D eigenvalue weighted by molar-refractivity contribution is 6.03. The van der Waals surface area contributed by atoms with Crippen molar-refractivity contribution in [2.75, 3.05) is 31.4 Å². The second kappa shape index (κ2) is 9.27. The third-order valence-corrected chi connectivity index (χ3v) is 4.72. The molecule has 10 heteroatoms. The Bertz CT molecular complexity index is 1320. The number of carbonyl (C=O) groups excluding carboxylic acids is 2. The van der Waals surface area contributed by atoms with Gasteiger partial charge in [-0.1, -0.05) is 0 Å². The third kappa shape index (κ3) is 5.01. The molecular weight excluding hydrogens is 422 g/mol. The standard InChI is InChI=1S/C23H21N7O3/c1-24-22(32)20-13-17(10-11-25-20)33-16-8-9-18-19(12-16)26-23(29-28-18)27-21(31)14-4-6-15(7-5-14)30(2)3/h4-13H,1-3H3,(H,24,32)(H,26,27,29,31). The molecule has 33 heavy (non-hydrogen) atoms. The summed E-state index contributed by atoms with van der Waals surface area (Å²) in [7, 11) is 5.39. The number of aromatic nitrogens is 4. The van der Waals surface area contributed by atoms with Crippen molar-refractivity contribution in [2.24, 2.45) is 0 Å². The van der Waals surface area contributed by atoms with Crippen molar-refractivity contribution < 1.29 is 14.3 Å². The van der Waals surface area contributed by atoms with E-state index >= 15 is 0 Å². The lowest BCUT2D eigenvalue weighted by Gasteiger charge is -2.12. The van der Waals surface area contributed by atoms with Gasteiger partial charge in [-0.25, -0.2) is 4.98 Å². The molecule has 0 aliphatic rings. The maximum absolute atomic E-state index is 12.6. The Labute approximate surface area is 189 Å². The van der Waals surface area contributed by atoms with Crippen molar-refractivity contribution in [3.05, 3.63) is 72.1 Å². The van der Waals surface area contributed by atoms with Gasteiger partial charge in [-0.3, -0.25) is 19.9 Å². The van der Waals surface area contributed by atoms with Gasteiger partial charge in [0.1, 0.15) is 22.7 Å². The van der Waals surface area contributed by atoms with Crippen molar-refractivity contribution in [1.82, 2.24) is 25.5 Å². The van der Waals surface area contributed by atoms with Gasteiger partial charge in [0, 0.05) is 50.7 Å². The monoisotopic (exact) mass is 443 g/mol. The van der Waals surface area contributed by atoms with Crippen molar-refractivity contribution in [3.63, 3.8) is 0 Å². The van der Waals surface area contributed by atoms with Gasteiger partial charge < -0.3 is 15.0 Å². The normalized spacial score (nSPS) is 10.5. The van der Waals surface area contributed by atoms with Crippen molar-refractivity contribution in [1.29, 1.82) is 0 Å². The first-order valence-corrected chi connectivity index (χ1v) is 10.0. The molecule has 166 valence electrons. The summed E-state index contributed by atoms with van der Waals surface area (Å²) in [6.45, 7) is 0. The Morgan fingerprint density at radius 2 is 1.64 bits per heavy atom. The molecule has 0 bridgehead atoms. The van der Waals surface area contributed by atoms with E-state index in [-0.39, 0.29) is 23.5 Å². The summed E-state index contributed by atoms with van der Waals surface area (Å²) in [5, 5.41) is 13.3. The molecule has 2 N–H and O–H groups in total. The molecule has 2 aromatic heterocycles. The van der Waals surface area contributed by atoms with E-state index in [9.17, 15) is 9.59 Å². The van der Waals surface area contributed by atoms with Crippen LogP contribution in [-0.4, -0.2) is 53.1 Å². The molecule has 0 aliphatic carbocycles. The van der Waals surface area contributed by atoms with Gasteiger partial charge in [0.2, 0.25) is 5.95 Å². The Kier molecular flexibility index (Phi) is 6.07. The van der Waals surface area contributed by atoms with Gasteiger partial charge in [0.25, 0.3) is 11.8 Å². The van der Waals surface area contributed by atoms with E-state index in [0.29, 0.717) is 28.1 Å². The van der Waals surface area contributed by atoms with Crippen LogP contribution < -0.4 is 20.3 Å². The van der Waals surface area contributed by atoms with E-state index in [4.69, 9.17) is 4.74 Å². The maximum Gasteiger partial charge on any atom is 0.269 e. The fourth-order valence-electron chi connectivity index (χ4n) is 2.98. The van der Waals surface area contributed by atoms with Crippen LogP contribution in [0.3, 0.4) is 0 Å². The van der Waals surface area contributed by atoms with E-state index in [0.717, 1.165) is 5.69 Å². The Balaban J connectivity index is 1.52. The second-order valence-electron chi connectivity index (χ2n) is 7.24. The molecular formula is C23H21N7O3. The zero-order valence-corrected chi connectivity index (χ0v) is 18.2. The molecule has 0 atom stereocenters. The smallest absolute Gasteiger partial charge is 0.269 e. The number of hydrogen-bond acceptors (Lipinski definition) is 8. The van der Waals surface area contributed by atoms with E-state index in [2.05, 4.69) is 30.8 Å². The fraction of sp³-hybridized carbons (Fsp3) is 0.130. The van der Waals surface area contributed by atoms with Crippen LogP contribution >= 0.6 is 0 Å². The number of nitrogens with one attached hydrogen (secondary N) is 2. The van der Waals surface area contributed by atoms with Crippen molar-refractivity contribution in [3.8, 4) is 11.5 Å². The average Bonchev–Trinajstić information content (AvgIpc) is 2.83. The number of benzene rings is 2. The lowest BCUT2D eigenvalue weighted by molar-refractivity contribution is 0.0957. The van der Waals surface area contributed by atoms with Crippen LogP contribution in [0.25, 0.3) is 11.0 Å². The minimum atomic E-state index is -0.340. The Hall–Kier alpha value is -4.60. The van der Waals surface area contributed by atoms with Gasteiger partial charge in [-0.2, -0.15) is 0 Å². The Morgan fingerprint density at radius 1 is 0.879 bits per heavy atom. The molecule has 2 amide bonds. The molecule has 0 aliphatic heterocycles. The topological polar surface area (TPSA) is 122 Å². The lowest BCUT2D eigenvalue weighted by Crippen LogP contribution is -2.18. The minimum absolute atomic E-state index is 0.0761. The number of fused-ring (bicyclic) bond motifs is 1. The zero-order valence-electron chi connectivity index (χ0n) is 18.2. The lowest BCUT2D eigenvalue weighted by atomic mass is 10.2. The first-order chi connectivity index (χ1) is 15.9. The molecule has 0 fully saturated rings.